The molecule has 0 saturated carbocycles. The summed E-state index contributed by atoms with van der Waals surface area (Å²) < 4.78 is 5.62. The van der Waals surface area contributed by atoms with Crippen molar-refractivity contribution < 1.29 is 4.74 Å². The largest absolute Gasteiger partial charge is 0.493 e. The first kappa shape index (κ1) is 12.7. The summed E-state index contributed by atoms with van der Waals surface area (Å²) in [4.78, 5) is 0. The van der Waals surface area contributed by atoms with E-state index in [2.05, 4.69) is 35.4 Å². The lowest BCUT2D eigenvalue weighted by Crippen LogP contribution is -2.19. The van der Waals surface area contributed by atoms with Crippen LogP contribution in [0.4, 0.5) is 0 Å². The second-order valence-corrected chi connectivity index (χ2v) is 4.23. The van der Waals surface area contributed by atoms with E-state index in [-0.39, 0.29) is 0 Å². The van der Waals surface area contributed by atoms with Crippen LogP contribution < -0.4 is 10.1 Å². The van der Waals surface area contributed by atoms with Gasteiger partial charge in [0.2, 0.25) is 0 Å². The molecule has 0 radical (unpaired) electrons. The van der Waals surface area contributed by atoms with Crippen LogP contribution in [0.15, 0.2) is 30.3 Å². The minimum absolute atomic E-state index is 0.660. The number of rotatable bonds is 4. The van der Waals surface area contributed by atoms with Gasteiger partial charge in [-0.1, -0.05) is 18.2 Å². The second kappa shape index (κ2) is 6.88. The van der Waals surface area contributed by atoms with Crippen LogP contribution in [0.25, 0.3) is 5.57 Å². The zero-order valence-electron chi connectivity index (χ0n) is 10.8. The lowest BCUT2D eigenvalue weighted by atomic mass is 10.0. The van der Waals surface area contributed by atoms with Gasteiger partial charge in [-0.15, -0.1) is 11.8 Å². The van der Waals surface area contributed by atoms with Crippen LogP contribution in [0, 0.1) is 11.8 Å². The molecule has 0 fully saturated rings. The molecule has 0 aliphatic carbocycles. The van der Waals surface area contributed by atoms with Crippen LogP contribution in [0.5, 0.6) is 5.75 Å². The van der Waals surface area contributed by atoms with Gasteiger partial charge >= 0.3 is 0 Å². The molecule has 0 unspecified atom stereocenters. The molecule has 2 nitrogen and oxygen atoms in total. The van der Waals surface area contributed by atoms with Gasteiger partial charge in [0.1, 0.15) is 5.75 Å². The van der Waals surface area contributed by atoms with Crippen LogP contribution in [0.2, 0.25) is 0 Å². The van der Waals surface area contributed by atoms with Gasteiger partial charge in [-0.2, -0.15) is 0 Å². The van der Waals surface area contributed by atoms with Crippen LogP contribution in [-0.4, -0.2) is 19.7 Å². The van der Waals surface area contributed by atoms with Crippen LogP contribution in [0.3, 0.4) is 0 Å². The monoisotopic (exact) mass is 241 g/mol. The Morgan fingerprint density at radius 3 is 2.78 bits per heavy atom. The first-order valence-electron chi connectivity index (χ1n) is 6.43. The topological polar surface area (TPSA) is 21.3 Å². The fourth-order valence-corrected chi connectivity index (χ4v) is 1.99. The van der Waals surface area contributed by atoms with Crippen molar-refractivity contribution in [1.29, 1.82) is 0 Å². The molecular weight excluding hydrogens is 222 g/mol. The van der Waals surface area contributed by atoms with Crippen molar-refractivity contribution in [3.8, 4) is 17.6 Å². The predicted octanol–water partition coefficient (Wildman–Crippen LogP) is 2.86. The molecule has 1 N–H and O–H groups in total. The van der Waals surface area contributed by atoms with Crippen molar-refractivity contribution in [2.75, 3.05) is 19.7 Å². The Kier molecular flexibility index (Phi) is 4.87. The lowest BCUT2D eigenvalue weighted by molar-refractivity contribution is 0.327. The van der Waals surface area contributed by atoms with E-state index in [1.54, 1.807) is 0 Å². The summed E-state index contributed by atoms with van der Waals surface area (Å²) in [6.45, 7) is 4.55. The van der Waals surface area contributed by atoms with Crippen molar-refractivity contribution in [2.45, 2.75) is 19.8 Å². The van der Waals surface area contributed by atoms with E-state index in [0.717, 1.165) is 31.7 Å². The van der Waals surface area contributed by atoms with Crippen molar-refractivity contribution in [2.24, 2.45) is 0 Å². The van der Waals surface area contributed by atoms with Crippen molar-refractivity contribution in [3.05, 3.63) is 35.9 Å². The normalized spacial score (nSPS) is 14.4. The van der Waals surface area contributed by atoms with Gasteiger partial charge in [-0.25, -0.2) is 0 Å². The van der Waals surface area contributed by atoms with Crippen LogP contribution in [0.1, 0.15) is 25.3 Å². The fraction of sp³-hybridized carbons (Fsp3) is 0.375. The van der Waals surface area contributed by atoms with Crippen LogP contribution in [-0.2, 0) is 0 Å². The molecule has 2 heteroatoms. The van der Waals surface area contributed by atoms with E-state index >= 15 is 0 Å². The van der Waals surface area contributed by atoms with Gasteiger partial charge in [0.05, 0.1) is 6.61 Å². The van der Waals surface area contributed by atoms with Gasteiger partial charge in [-0.05, 0) is 43.2 Å². The zero-order valence-corrected chi connectivity index (χ0v) is 10.8. The quantitative estimate of drug-likeness (QED) is 0.646. The molecule has 1 aliphatic rings. The highest BCUT2D eigenvalue weighted by molar-refractivity contribution is 5.67. The molecule has 0 aromatic heterocycles. The van der Waals surface area contributed by atoms with E-state index in [4.69, 9.17) is 4.74 Å². The molecule has 1 aromatic carbocycles. The standard InChI is InChI=1S/C16H19NO/c1-2-3-4-13-18-16-7-5-14(6-8-16)15-9-11-17-12-10-15/h5-9,17H,4,10-13H2,1H3. The molecule has 18 heavy (non-hydrogen) atoms. The molecule has 94 valence electrons. The van der Waals surface area contributed by atoms with E-state index in [1.165, 1.54) is 11.1 Å². The maximum Gasteiger partial charge on any atom is 0.119 e. The van der Waals surface area contributed by atoms with E-state index in [9.17, 15) is 0 Å². The summed E-state index contributed by atoms with van der Waals surface area (Å²) in [5.74, 6) is 6.78. The lowest BCUT2D eigenvalue weighted by Gasteiger charge is -2.14. The smallest absolute Gasteiger partial charge is 0.119 e. The molecule has 0 spiro atoms. The van der Waals surface area contributed by atoms with E-state index in [1.807, 2.05) is 19.1 Å². The first-order chi connectivity index (χ1) is 8.90. The molecule has 0 atom stereocenters. The molecule has 1 heterocycles. The Hall–Kier alpha value is -1.72. The van der Waals surface area contributed by atoms with Gasteiger partial charge in [-0.3, -0.25) is 0 Å². The Morgan fingerprint density at radius 2 is 2.11 bits per heavy atom. The molecule has 0 saturated heterocycles. The highest BCUT2D eigenvalue weighted by Crippen LogP contribution is 2.22. The molecule has 1 aliphatic heterocycles. The zero-order chi connectivity index (χ0) is 12.6. The van der Waals surface area contributed by atoms with E-state index in [0.29, 0.717) is 6.61 Å². The predicted molar refractivity (Wildman–Crippen MR) is 75.5 cm³/mol. The maximum atomic E-state index is 5.62. The Balaban J connectivity index is 1.92. The van der Waals surface area contributed by atoms with Gasteiger partial charge < -0.3 is 10.1 Å². The summed E-state index contributed by atoms with van der Waals surface area (Å²) >= 11 is 0. The number of nitrogens with one attached hydrogen (secondary N) is 1. The Bertz CT molecular complexity index is 462. The molecule has 0 bridgehead atoms. The Labute approximate surface area is 109 Å². The Morgan fingerprint density at radius 1 is 1.28 bits per heavy atom. The third kappa shape index (κ3) is 3.65. The third-order valence-electron chi connectivity index (χ3n) is 2.96. The molecule has 0 amide bonds. The minimum Gasteiger partial charge on any atom is -0.493 e. The number of hydrogen-bond donors (Lipinski definition) is 1. The van der Waals surface area contributed by atoms with Crippen molar-refractivity contribution >= 4 is 5.57 Å². The molecule has 1 aromatic rings. The summed E-state index contributed by atoms with van der Waals surface area (Å²) in [6.07, 6.45) is 4.15. The van der Waals surface area contributed by atoms with Gasteiger partial charge in [0.15, 0.2) is 0 Å². The highest BCUT2D eigenvalue weighted by atomic mass is 16.5. The average molecular weight is 241 g/mol. The molecular formula is C16H19NO. The maximum absolute atomic E-state index is 5.62. The van der Waals surface area contributed by atoms with Gasteiger partial charge in [0.25, 0.3) is 0 Å². The van der Waals surface area contributed by atoms with E-state index < -0.39 is 0 Å². The average Bonchev–Trinajstić information content (AvgIpc) is 2.45. The highest BCUT2D eigenvalue weighted by Gasteiger charge is 2.05. The second-order valence-electron chi connectivity index (χ2n) is 4.23. The van der Waals surface area contributed by atoms with Gasteiger partial charge in [0, 0.05) is 13.0 Å². The minimum atomic E-state index is 0.660. The first-order valence-corrected chi connectivity index (χ1v) is 6.43. The van der Waals surface area contributed by atoms with Crippen molar-refractivity contribution in [1.82, 2.24) is 5.32 Å². The summed E-state index contributed by atoms with van der Waals surface area (Å²) in [7, 11) is 0. The number of benzene rings is 1. The summed E-state index contributed by atoms with van der Waals surface area (Å²) in [6, 6.07) is 8.35. The fourth-order valence-electron chi connectivity index (χ4n) is 1.99. The number of ether oxygens (including phenoxy) is 1. The third-order valence-corrected chi connectivity index (χ3v) is 2.96. The summed E-state index contributed by atoms with van der Waals surface area (Å²) in [5, 5.41) is 3.32. The van der Waals surface area contributed by atoms with Crippen molar-refractivity contribution in [3.63, 3.8) is 0 Å². The van der Waals surface area contributed by atoms with Crippen LogP contribution >= 0.6 is 0 Å². The SMILES string of the molecule is CC#CCCOc1ccc(C2=CCNCC2)cc1. The summed E-state index contributed by atoms with van der Waals surface area (Å²) in [5.41, 5.74) is 2.73. The number of hydrogen-bond acceptors (Lipinski definition) is 2. The molecule has 2 rings (SSSR count).